The average molecular weight is 300 g/mol. The van der Waals surface area contributed by atoms with Crippen molar-refractivity contribution in [3.05, 3.63) is 51.9 Å². The SMILES string of the molecule is CCc1cnc(C(C)NCc2c(C)nc3ccccn23)s1. The number of rotatable bonds is 5. The molecular weight excluding hydrogens is 280 g/mol. The van der Waals surface area contributed by atoms with E-state index < -0.39 is 0 Å². The van der Waals surface area contributed by atoms with Gasteiger partial charge in [-0.15, -0.1) is 11.3 Å². The number of imidazole rings is 1. The van der Waals surface area contributed by atoms with E-state index in [2.05, 4.69) is 46.7 Å². The fraction of sp³-hybridized carbons (Fsp3) is 0.375. The van der Waals surface area contributed by atoms with Gasteiger partial charge in [0, 0.05) is 23.8 Å². The standard InChI is InChI=1S/C16H20N4S/c1-4-13-9-18-16(21-13)12(3)17-10-14-11(2)19-15-7-5-6-8-20(14)15/h5-9,12,17H,4,10H2,1-3H3. The van der Waals surface area contributed by atoms with Crippen LogP contribution in [0.1, 0.15) is 41.2 Å². The van der Waals surface area contributed by atoms with Crippen LogP contribution in [-0.4, -0.2) is 14.4 Å². The molecule has 0 aliphatic rings. The van der Waals surface area contributed by atoms with E-state index in [1.165, 1.54) is 10.6 Å². The molecule has 3 aromatic rings. The Bertz CT molecular complexity index is 744. The highest BCUT2D eigenvalue weighted by molar-refractivity contribution is 7.11. The fourth-order valence-corrected chi connectivity index (χ4v) is 3.28. The predicted octanol–water partition coefficient (Wildman–Crippen LogP) is 3.51. The van der Waals surface area contributed by atoms with Crippen LogP contribution in [0.4, 0.5) is 0 Å². The summed E-state index contributed by atoms with van der Waals surface area (Å²) in [6.45, 7) is 7.18. The molecule has 5 heteroatoms. The van der Waals surface area contributed by atoms with Gasteiger partial charge in [-0.1, -0.05) is 13.0 Å². The van der Waals surface area contributed by atoms with Gasteiger partial charge in [0.25, 0.3) is 0 Å². The average Bonchev–Trinajstić information content (AvgIpc) is 3.08. The first-order valence-corrected chi connectivity index (χ1v) is 8.11. The molecule has 0 amide bonds. The number of thiazole rings is 1. The van der Waals surface area contributed by atoms with E-state index in [1.807, 2.05) is 24.4 Å². The number of hydrogen-bond donors (Lipinski definition) is 1. The Morgan fingerprint density at radius 1 is 1.38 bits per heavy atom. The van der Waals surface area contributed by atoms with E-state index in [1.54, 1.807) is 11.3 Å². The lowest BCUT2D eigenvalue weighted by atomic mass is 10.3. The molecule has 1 atom stereocenters. The summed E-state index contributed by atoms with van der Waals surface area (Å²) in [4.78, 5) is 10.4. The monoisotopic (exact) mass is 300 g/mol. The van der Waals surface area contributed by atoms with Crippen LogP contribution >= 0.6 is 11.3 Å². The van der Waals surface area contributed by atoms with Crippen molar-refractivity contribution in [1.82, 2.24) is 19.7 Å². The van der Waals surface area contributed by atoms with Crippen molar-refractivity contribution >= 4 is 17.0 Å². The van der Waals surface area contributed by atoms with E-state index in [9.17, 15) is 0 Å². The first-order chi connectivity index (χ1) is 10.2. The summed E-state index contributed by atoms with van der Waals surface area (Å²) in [5.74, 6) is 0. The molecule has 0 aliphatic heterocycles. The number of nitrogens with one attached hydrogen (secondary N) is 1. The molecule has 0 spiro atoms. The van der Waals surface area contributed by atoms with Gasteiger partial charge in [-0.25, -0.2) is 9.97 Å². The maximum atomic E-state index is 4.59. The number of nitrogens with zero attached hydrogens (tertiary/aromatic N) is 3. The van der Waals surface area contributed by atoms with E-state index in [4.69, 9.17) is 0 Å². The Morgan fingerprint density at radius 2 is 2.24 bits per heavy atom. The zero-order valence-corrected chi connectivity index (χ0v) is 13.4. The van der Waals surface area contributed by atoms with Crippen LogP contribution in [0.25, 0.3) is 5.65 Å². The second-order valence-corrected chi connectivity index (χ2v) is 6.34. The molecule has 3 aromatic heterocycles. The van der Waals surface area contributed by atoms with Gasteiger partial charge in [0.15, 0.2) is 0 Å². The van der Waals surface area contributed by atoms with Crippen molar-refractivity contribution < 1.29 is 0 Å². The fourth-order valence-electron chi connectivity index (χ4n) is 2.40. The normalized spacial score (nSPS) is 12.9. The quantitative estimate of drug-likeness (QED) is 0.784. The Kier molecular flexibility index (Phi) is 4.03. The van der Waals surface area contributed by atoms with Crippen LogP contribution in [0, 0.1) is 6.92 Å². The van der Waals surface area contributed by atoms with Crippen LogP contribution in [0.15, 0.2) is 30.6 Å². The van der Waals surface area contributed by atoms with Crippen LogP contribution in [0.5, 0.6) is 0 Å². The highest BCUT2D eigenvalue weighted by Crippen LogP contribution is 2.21. The third kappa shape index (κ3) is 2.84. The molecule has 0 aliphatic carbocycles. The minimum Gasteiger partial charge on any atom is -0.302 e. The number of aromatic nitrogens is 3. The molecule has 3 heterocycles. The number of pyridine rings is 1. The van der Waals surface area contributed by atoms with Crippen molar-refractivity contribution in [3.63, 3.8) is 0 Å². The van der Waals surface area contributed by atoms with Gasteiger partial charge in [0.05, 0.1) is 17.4 Å². The smallest absolute Gasteiger partial charge is 0.137 e. The molecule has 110 valence electrons. The molecule has 21 heavy (non-hydrogen) atoms. The minimum absolute atomic E-state index is 0.254. The third-order valence-corrected chi connectivity index (χ3v) is 5.02. The van der Waals surface area contributed by atoms with Crippen LogP contribution in [0.3, 0.4) is 0 Å². The molecule has 3 rings (SSSR count). The Labute approximate surface area is 128 Å². The number of aryl methyl sites for hydroxylation is 2. The molecule has 0 saturated carbocycles. The van der Waals surface area contributed by atoms with Crippen molar-refractivity contribution in [3.8, 4) is 0 Å². The van der Waals surface area contributed by atoms with Crippen molar-refractivity contribution in [2.24, 2.45) is 0 Å². The summed E-state index contributed by atoms with van der Waals surface area (Å²) >= 11 is 1.79. The van der Waals surface area contributed by atoms with Gasteiger partial charge in [0.2, 0.25) is 0 Å². The Morgan fingerprint density at radius 3 is 3.00 bits per heavy atom. The maximum absolute atomic E-state index is 4.59. The molecular formula is C16H20N4S. The summed E-state index contributed by atoms with van der Waals surface area (Å²) in [6, 6.07) is 6.34. The molecule has 0 fully saturated rings. The molecule has 4 nitrogen and oxygen atoms in total. The lowest BCUT2D eigenvalue weighted by Crippen LogP contribution is -2.19. The number of fused-ring (bicyclic) bond motifs is 1. The molecule has 1 unspecified atom stereocenters. The Balaban J connectivity index is 1.75. The van der Waals surface area contributed by atoms with Gasteiger partial charge in [-0.3, -0.25) is 0 Å². The topological polar surface area (TPSA) is 42.2 Å². The van der Waals surface area contributed by atoms with Crippen LogP contribution < -0.4 is 5.32 Å². The highest BCUT2D eigenvalue weighted by atomic mass is 32.1. The maximum Gasteiger partial charge on any atom is 0.137 e. The molecule has 1 N–H and O–H groups in total. The molecule has 0 saturated heterocycles. The van der Waals surface area contributed by atoms with Crippen molar-refractivity contribution in [1.29, 1.82) is 0 Å². The van der Waals surface area contributed by atoms with Gasteiger partial charge in [-0.2, -0.15) is 0 Å². The third-order valence-electron chi connectivity index (χ3n) is 3.70. The van der Waals surface area contributed by atoms with E-state index in [0.29, 0.717) is 0 Å². The predicted molar refractivity (Wildman–Crippen MR) is 86.7 cm³/mol. The lowest BCUT2D eigenvalue weighted by molar-refractivity contribution is 0.561. The van der Waals surface area contributed by atoms with Crippen molar-refractivity contribution in [2.45, 2.75) is 39.8 Å². The van der Waals surface area contributed by atoms with Gasteiger partial charge in [-0.05, 0) is 32.4 Å². The largest absolute Gasteiger partial charge is 0.302 e. The van der Waals surface area contributed by atoms with Gasteiger partial charge >= 0.3 is 0 Å². The van der Waals surface area contributed by atoms with Gasteiger partial charge < -0.3 is 9.72 Å². The summed E-state index contributed by atoms with van der Waals surface area (Å²) in [5.41, 5.74) is 3.29. The minimum atomic E-state index is 0.254. The summed E-state index contributed by atoms with van der Waals surface area (Å²) in [6.07, 6.45) is 5.10. The first-order valence-electron chi connectivity index (χ1n) is 7.29. The molecule has 0 radical (unpaired) electrons. The summed E-state index contributed by atoms with van der Waals surface area (Å²) in [7, 11) is 0. The zero-order valence-electron chi connectivity index (χ0n) is 12.6. The van der Waals surface area contributed by atoms with E-state index in [0.717, 1.165) is 29.3 Å². The van der Waals surface area contributed by atoms with Crippen molar-refractivity contribution in [2.75, 3.05) is 0 Å². The van der Waals surface area contributed by atoms with E-state index in [-0.39, 0.29) is 6.04 Å². The molecule has 0 aromatic carbocycles. The lowest BCUT2D eigenvalue weighted by Gasteiger charge is -2.11. The van der Waals surface area contributed by atoms with E-state index >= 15 is 0 Å². The Hall–Kier alpha value is -1.72. The number of hydrogen-bond acceptors (Lipinski definition) is 4. The van der Waals surface area contributed by atoms with Crippen LogP contribution in [0.2, 0.25) is 0 Å². The zero-order chi connectivity index (χ0) is 14.8. The second-order valence-electron chi connectivity index (χ2n) is 5.19. The highest BCUT2D eigenvalue weighted by Gasteiger charge is 2.12. The van der Waals surface area contributed by atoms with Gasteiger partial charge in [0.1, 0.15) is 10.7 Å². The first kappa shape index (κ1) is 14.2. The molecule has 0 bridgehead atoms. The summed E-state index contributed by atoms with van der Waals surface area (Å²) < 4.78 is 2.15. The summed E-state index contributed by atoms with van der Waals surface area (Å²) in [5, 5.41) is 4.71. The second kappa shape index (κ2) is 5.95. The van der Waals surface area contributed by atoms with Crippen LogP contribution in [-0.2, 0) is 13.0 Å².